The Kier molecular flexibility index (Phi) is 2.35. The third kappa shape index (κ3) is 1.74. The van der Waals surface area contributed by atoms with Crippen LogP contribution >= 0.6 is 0 Å². The average molecular weight is 215 g/mol. The lowest BCUT2D eigenvalue weighted by molar-refractivity contribution is 0.0684. The molecule has 3 nitrogen and oxygen atoms in total. The van der Waals surface area contributed by atoms with Crippen LogP contribution in [0.15, 0.2) is 24.3 Å². The molecule has 2 rings (SSSR count). The van der Waals surface area contributed by atoms with Crippen molar-refractivity contribution < 1.29 is 9.53 Å². The molecule has 1 saturated heterocycles. The Morgan fingerprint density at radius 1 is 1.38 bits per heavy atom. The van der Waals surface area contributed by atoms with Crippen molar-refractivity contribution in [2.24, 2.45) is 0 Å². The van der Waals surface area contributed by atoms with Crippen molar-refractivity contribution in [3.8, 4) is 12.3 Å². The predicted octanol–water partition coefficient (Wildman–Crippen LogP) is 2.23. The molecule has 0 aliphatic carbocycles. The normalized spacial score (nSPS) is 22.1. The SMILES string of the molecule is C#Cc1ccc([C@H]2NC(=O)OC2(C)C)cc1. The molecule has 16 heavy (non-hydrogen) atoms. The summed E-state index contributed by atoms with van der Waals surface area (Å²) in [6, 6.07) is 7.41. The van der Waals surface area contributed by atoms with E-state index < -0.39 is 5.60 Å². The van der Waals surface area contributed by atoms with Crippen LogP contribution in [0.4, 0.5) is 4.79 Å². The highest BCUT2D eigenvalue weighted by atomic mass is 16.6. The van der Waals surface area contributed by atoms with Gasteiger partial charge in [0, 0.05) is 5.56 Å². The molecule has 0 radical (unpaired) electrons. The van der Waals surface area contributed by atoms with E-state index in [2.05, 4.69) is 11.2 Å². The number of alkyl carbamates (subject to hydrolysis) is 1. The van der Waals surface area contributed by atoms with Gasteiger partial charge in [0.2, 0.25) is 0 Å². The van der Waals surface area contributed by atoms with Gasteiger partial charge in [0.05, 0.1) is 6.04 Å². The van der Waals surface area contributed by atoms with E-state index in [9.17, 15) is 4.79 Å². The van der Waals surface area contributed by atoms with Gasteiger partial charge in [-0.15, -0.1) is 6.42 Å². The lowest BCUT2D eigenvalue weighted by Gasteiger charge is -2.23. The largest absolute Gasteiger partial charge is 0.441 e. The Hall–Kier alpha value is -1.95. The van der Waals surface area contributed by atoms with Gasteiger partial charge >= 0.3 is 6.09 Å². The van der Waals surface area contributed by atoms with Crippen molar-refractivity contribution in [2.45, 2.75) is 25.5 Å². The van der Waals surface area contributed by atoms with Crippen molar-refractivity contribution in [2.75, 3.05) is 0 Å². The predicted molar refractivity (Wildman–Crippen MR) is 60.8 cm³/mol. The molecule has 1 aliphatic heterocycles. The summed E-state index contributed by atoms with van der Waals surface area (Å²) >= 11 is 0. The first-order valence-corrected chi connectivity index (χ1v) is 5.09. The summed E-state index contributed by atoms with van der Waals surface area (Å²) in [5.74, 6) is 2.56. The summed E-state index contributed by atoms with van der Waals surface area (Å²) in [5, 5.41) is 2.79. The maximum atomic E-state index is 11.2. The summed E-state index contributed by atoms with van der Waals surface area (Å²) in [6.07, 6.45) is 4.91. The molecule has 0 spiro atoms. The van der Waals surface area contributed by atoms with E-state index in [-0.39, 0.29) is 12.1 Å². The number of benzene rings is 1. The van der Waals surface area contributed by atoms with Gasteiger partial charge in [-0.3, -0.25) is 0 Å². The quantitative estimate of drug-likeness (QED) is 0.729. The maximum absolute atomic E-state index is 11.2. The van der Waals surface area contributed by atoms with E-state index in [1.54, 1.807) is 0 Å². The molecule has 0 aromatic heterocycles. The molecule has 1 heterocycles. The van der Waals surface area contributed by atoms with Crippen LogP contribution in [0.25, 0.3) is 0 Å². The highest BCUT2D eigenvalue weighted by molar-refractivity contribution is 5.71. The molecule has 1 amide bonds. The summed E-state index contributed by atoms with van der Waals surface area (Å²) in [6.45, 7) is 3.76. The van der Waals surface area contributed by atoms with Crippen molar-refractivity contribution in [1.29, 1.82) is 0 Å². The first kappa shape index (κ1) is 10.6. The Morgan fingerprint density at radius 2 is 2.00 bits per heavy atom. The summed E-state index contributed by atoms with van der Waals surface area (Å²) in [5.41, 5.74) is 1.29. The van der Waals surface area contributed by atoms with Crippen LogP contribution in [0.5, 0.6) is 0 Å². The van der Waals surface area contributed by atoms with Gasteiger partial charge in [-0.05, 0) is 31.5 Å². The minimum Gasteiger partial charge on any atom is -0.441 e. The van der Waals surface area contributed by atoms with Gasteiger partial charge in [0.15, 0.2) is 0 Å². The monoisotopic (exact) mass is 215 g/mol. The van der Waals surface area contributed by atoms with Gasteiger partial charge in [-0.25, -0.2) is 4.79 Å². The fourth-order valence-electron chi connectivity index (χ4n) is 1.88. The van der Waals surface area contributed by atoms with E-state index in [1.807, 2.05) is 38.1 Å². The highest BCUT2D eigenvalue weighted by Crippen LogP contribution is 2.33. The minimum atomic E-state index is -0.533. The van der Waals surface area contributed by atoms with E-state index in [0.29, 0.717) is 0 Å². The third-order valence-electron chi connectivity index (χ3n) is 2.72. The first-order chi connectivity index (χ1) is 7.53. The van der Waals surface area contributed by atoms with Gasteiger partial charge in [0.25, 0.3) is 0 Å². The Bertz CT molecular complexity index is 454. The molecule has 0 saturated carbocycles. The number of amides is 1. The van der Waals surface area contributed by atoms with Crippen molar-refractivity contribution in [1.82, 2.24) is 5.32 Å². The minimum absolute atomic E-state index is 0.133. The number of hydrogen-bond donors (Lipinski definition) is 1. The smallest absolute Gasteiger partial charge is 0.408 e. The molecular weight excluding hydrogens is 202 g/mol. The second-order valence-corrected chi connectivity index (χ2v) is 4.34. The Morgan fingerprint density at radius 3 is 2.44 bits per heavy atom. The van der Waals surface area contributed by atoms with Crippen LogP contribution < -0.4 is 5.32 Å². The zero-order chi connectivity index (χ0) is 11.8. The van der Waals surface area contributed by atoms with Gasteiger partial charge in [-0.2, -0.15) is 0 Å². The molecular formula is C13H13NO2. The van der Waals surface area contributed by atoms with Crippen LogP contribution in [0.1, 0.15) is 31.0 Å². The number of terminal acetylenes is 1. The van der Waals surface area contributed by atoms with Crippen LogP contribution in [-0.2, 0) is 4.74 Å². The van der Waals surface area contributed by atoms with Crippen LogP contribution in [0.3, 0.4) is 0 Å². The zero-order valence-corrected chi connectivity index (χ0v) is 9.28. The zero-order valence-electron chi connectivity index (χ0n) is 9.28. The van der Waals surface area contributed by atoms with Crippen molar-refractivity contribution in [3.05, 3.63) is 35.4 Å². The van der Waals surface area contributed by atoms with Crippen LogP contribution in [0.2, 0.25) is 0 Å². The van der Waals surface area contributed by atoms with E-state index in [0.717, 1.165) is 11.1 Å². The van der Waals surface area contributed by atoms with E-state index in [1.165, 1.54) is 0 Å². The van der Waals surface area contributed by atoms with Crippen LogP contribution in [-0.4, -0.2) is 11.7 Å². The molecule has 1 aliphatic rings. The Balaban J connectivity index is 2.31. The van der Waals surface area contributed by atoms with Gasteiger partial charge in [-0.1, -0.05) is 18.1 Å². The molecule has 3 heteroatoms. The van der Waals surface area contributed by atoms with Crippen LogP contribution in [0, 0.1) is 12.3 Å². The maximum Gasteiger partial charge on any atom is 0.408 e. The number of carbonyl (C=O) groups is 1. The first-order valence-electron chi connectivity index (χ1n) is 5.09. The average Bonchev–Trinajstić information content (AvgIpc) is 2.52. The Labute approximate surface area is 94.8 Å². The standard InChI is InChI=1S/C13H13NO2/c1-4-9-5-7-10(8-6-9)11-13(2,3)16-12(15)14-11/h1,5-8,11H,2-3H3,(H,14,15)/t11-/m1/s1. The fourth-order valence-corrected chi connectivity index (χ4v) is 1.88. The molecule has 0 bridgehead atoms. The lowest BCUT2D eigenvalue weighted by Crippen LogP contribution is -2.30. The number of cyclic esters (lactones) is 1. The van der Waals surface area contributed by atoms with Gasteiger partial charge < -0.3 is 10.1 Å². The molecule has 82 valence electrons. The molecule has 1 atom stereocenters. The van der Waals surface area contributed by atoms with E-state index in [4.69, 9.17) is 11.2 Å². The molecule has 0 unspecified atom stereocenters. The third-order valence-corrected chi connectivity index (χ3v) is 2.72. The van der Waals surface area contributed by atoms with Gasteiger partial charge in [0.1, 0.15) is 5.60 Å². The second kappa shape index (κ2) is 3.57. The second-order valence-electron chi connectivity index (χ2n) is 4.34. The number of carbonyl (C=O) groups excluding carboxylic acids is 1. The number of nitrogens with one attached hydrogen (secondary N) is 1. The fraction of sp³-hybridized carbons (Fsp3) is 0.308. The number of ether oxygens (including phenoxy) is 1. The van der Waals surface area contributed by atoms with Crippen molar-refractivity contribution >= 4 is 6.09 Å². The molecule has 1 aromatic carbocycles. The number of rotatable bonds is 1. The highest BCUT2D eigenvalue weighted by Gasteiger charge is 2.42. The van der Waals surface area contributed by atoms with E-state index >= 15 is 0 Å². The molecule has 1 aromatic rings. The molecule has 1 fully saturated rings. The topological polar surface area (TPSA) is 38.3 Å². The molecule has 1 N–H and O–H groups in total. The summed E-state index contributed by atoms with van der Waals surface area (Å²) < 4.78 is 5.18. The lowest BCUT2D eigenvalue weighted by atomic mass is 9.92. The number of hydrogen-bond acceptors (Lipinski definition) is 2. The summed E-state index contributed by atoms with van der Waals surface area (Å²) in [7, 11) is 0. The summed E-state index contributed by atoms with van der Waals surface area (Å²) in [4.78, 5) is 11.2. The van der Waals surface area contributed by atoms with Crippen molar-refractivity contribution in [3.63, 3.8) is 0 Å².